The minimum absolute atomic E-state index is 0.00154. The molecule has 28 heavy (non-hydrogen) atoms. The van der Waals surface area contributed by atoms with Crippen LogP contribution < -0.4 is 10.2 Å². The molecule has 0 aliphatic carbocycles. The van der Waals surface area contributed by atoms with E-state index in [0.29, 0.717) is 6.54 Å². The lowest BCUT2D eigenvalue weighted by Crippen LogP contribution is -2.46. The fourth-order valence-corrected chi connectivity index (χ4v) is 3.22. The molecular formula is C23H31N3O2. The summed E-state index contributed by atoms with van der Waals surface area (Å²) in [5.74, 6) is -0.107. The Morgan fingerprint density at radius 1 is 0.964 bits per heavy atom. The highest BCUT2D eigenvalue weighted by Crippen LogP contribution is 2.17. The first kappa shape index (κ1) is 21.6. The van der Waals surface area contributed by atoms with Gasteiger partial charge in [0.05, 0.1) is 13.1 Å². The maximum Gasteiger partial charge on any atom is 0.241 e. The van der Waals surface area contributed by atoms with Gasteiger partial charge >= 0.3 is 0 Å². The van der Waals surface area contributed by atoms with E-state index in [9.17, 15) is 9.59 Å². The predicted molar refractivity (Wildman–Crippen MR) is 116 cm³/mol. The summed E-state index contributed by atoms with van der Waals surface area (Å²) < 4.78 is 0. The van der Waals surface area contributed by atoms with Gasteiger partial charge in [0.25, 0.3) is 0 Å². The third kappa shape index (κ3) is 6.20. The SMILES string of the molecule is CCCN(CC(=O)Nc1ccccc1C)CC(=O)N(c1ccccc1)C(C)C. The topological polar surface area (TPSA) is 52.7 Å². The molecule has 2 aromatic rings. The number of amides is 2. The Hall–Kier alpha value is -2.66. The molecule has 0 aromatic heterocycles. The molecule has 0 spiro atoms. The standard InChI is InChI=1S/C23H31N3O2/c1-5-15-25(16-22(27)24-21-14-10-9-11-19(21)4)17-23(28)26(18(2)3)20-12-7-6-8-13-20/h6-14,18H,5,15-17H2,1-4H3,(H,24,27). The fraction of sp³-hybridized carbons (Fsp3) is 0.391. The van der Waals surface area contributed by atoms with Crippen LogP contribution in [0.2, 0.25) is 0 Å². The first-order valence-electron chi connectivity index (χ1n) is 9.87. The molecule has 0 bridgehead atoms. The summed E-state index contributed by atoms with van der Waals surface area (Å²) in [5.41, 5.74) is 2.70. The molecule has 0 radical (unpaired) electrons. The van der Waals surface area contributed by atoms with E-state index in [1.807, 2.05) is 87.2 Å². The van der Waals surface area contributed by atoms with Crippen molar-refractivity contribution in [1.29, 1.82) is 0 Å². The zero-order valence-corrected chi connectivity index (χ0v) is 17.3. The molecule has 0 saturated carbocycles. The average molecular weight is 382 g/mol. The lowest BCUT2D eigenvalue weighted by molar-refractivity contribution is -0.121. The normalized spacial score (nSPS) is 10.9. The summed E-state index contributed by atoms with van der Waals surface area (Å²) in [7, 11) is 0. The van der Waals surface area contributed by atoms with Gasteiger partial charge in [0.1, 0.15) is 0 Å². The Kier molecular flexibility index (Phi) is 8.20. The van der Waals surface area contributed by atoms with Crippen molar-refractivity contribution in [2.24, 2.45) is 0 Å². The molecule has 0 unspecified atom stereocenters. The first-order valence-corrected chi connectivity index (χ1v) is 9.87. The van der Waals surface area contributed by atoms with E-state index in [0.717, 1.165) is 23.4 Å². The highest BCUT2D eigenvalue weighted by Gasteiger charge is 2.22. The lowest BCUT2D eigenvalue weighted by Gasteiger charge is -2.30. The predicted octanol–water partition coefficient (Wildman–Crippen LogP) is 4.09. The summed E-state index contributed by atoms with van der Waals surface area (Å²) in [4.78, 5) is 29.2. The van der Waals surface area contributed by atoms with Gasteiger partial charge in [-0.1, -0.05) is 43.3 Å². The van der Waals surface area contributed by atoms with Crippen LogP contribution in [0.4, 0.5) is 11.4 Å². The van der Waals surface area contributed by atoms with Gasteiger partial charge in [-0.2, -0.15) is 0 Å². The number of carbonyl (C=O) groups excluding carboxylic acids is 2. The van der Waals surface area contributed by atoms with E-state index in [4.69, 9.17) is 0 Å². The second kappa shape index (κ2) is 10.6. The summed E-state index contributed by atoms with van der Waals surface area (Å²) in [5, 5.41) is 2.95. The van der Waals surface area contributed by atoms with Gasteiger partial charge in [-0.3, -0.25) is 14.5 Å². The Morgan fingerprint density at radius 3 is 2.21 bits per heavy atom. The van der Waals surface area contributed by atoms with Crippen LogP contribution in [0, 0.1) is 6.92 Å². The average Bonchev–Trinajstić information content (AvgIpc) is 2.64. The largest absolute Gasteiger partial charge is 0.325 e. The number of aryl methyl sites for hydroxylation is 1. The van der Waals surface area contributed by atoms with Crippen LogP contribution in [0.3, 0.4) is 0 Å². The van der Waals surface area contributed by atoms with Crippen molar-refractivity contribution in [3.8, 4) is 0 Å². The van der Waals surface area contributed by atoms with E-state index in [-0.39, 0.29) is 30.9 Å². The third-order valence-electron chi connectivity index (χ3n) is 4.50. The monoisotopic (exact) mass is 381 g/mol. The summed E-state index contributed by atoms with van der Waals surface area (Å²) in [6.07, 6.45) is 0.873. The summed E-state index contributed by atoms with van der Waals surface area (Å²) in [6.45, 7) is 9.10. The van der Waals surface area contributed by atoms with E-state index >= 15 is 0 Å². The highest BCUT2D eigenvalue weighted by molar-refractivity contribution is 5.96. The molecular weight excluding hydrogens is 350 g/mol. The fourth-order valence-electron chi connectivity index (χ4n) is 3.22. The lowest BCUT2D eigenvalue weighted by atomic mass is 10.2. The zero-order valence-electron chi connectivity index (χ0n) is 17.3. The van der Waals surface area contributed by atoms with Crippen LogP contribution in [0.15, 0.2) is 54.6 Å². The molecule has 0 aliphatic rings. The van der Waals surface area contributed by atoms with Crippen molar-refractivity contribution in [2.75, 3.05) is 29.9 Å². The van der Waals surface area contributed by atoms with Crippen molar-refractivity contribution in [3.63, 3.8) is 0 Å². The van der Waals surface area contributed by atoms with Crippen LogP contribution in [0.5, 0.6) is 0 Å². The zero-order chi connectivity index (χ0) is 20.5. The van der Waals surface area contributed by atoms with Gasteiger partial charge in [0.2, 0.25) is 11.8 Å². The number of hydrogen-bond donors (Lipinski definition) is 1. The number of anilines is 2. The highest BCUT2D eigenvalue weighted by atomic mass is 16.2. The van der Waals surface area contributed by atoms with E-state index < -0.39 is 0 Å². The molecule has 0 saturated heterocycles. The van der Waals surface area contributed by atoms with E-state index in [1.165, 1.54) is 0 Å². The summed E-state index contributed by atoms with van der Waals surface area (Å²) in [6, 6.07) is 17.4. The van der Waals surface area contributed by atoms with Gasteiger partial charge in [-0.15, -0.1) is 0 Å². The Labute approximate surface area is 168 Å². The first-order chi connectivity index (χ1) is 13.4. The maximum absolute atomic E-state index is 13.0. The van der Waals surface area contributed by atoms with E-state index in [2.05, 4.69) is 5.32 Å². The van der Waals surface area contributed by atoms with Gasteiger partial charge < -0.3 is 10.2 Å². The number of carbonyl (C=O) groups is 2. The van der Waals surface area contributed by atoms with Crippen molar-refractivity contribution in [1.82, 2.24) is 4.90 Å². The van der Waals surface area contributed by atoms with Gasteiger partial charge in [0, 0.05) is 17.4 Å². The second-order valence-corrected chi connectivity index (χ2v) is 7.27. The molecule has 0 heterocycles. The number of para-hydroxylation sites is 2. The molecule has 0 aliphatic heterocycles. The van der Waals surface area contributed by atoms with Crippen LogP contribution in [0.25, 0.3) is 0 Å². The second-order valence-electron chi connectivity index (χ2n) is 7.27. The van der Waals surface area contributed by atoms with Gasteiger partial charge in [0.15, 0.2) is 0 Å². The van der Waals surface area contributed by atoms with E-state index in [1.54, 1.807) is 4.90 Å². The minimum Gasteiger partial charge on any atom is -0.325 e. The molecule has 2 rings (SSSR count). The Morgan fingerprint density at radius 2 is 1.61 bits per heavy atom. The van der Waals surface area contributed by atoms with Crippen LogP contribution >= 0.6 is 0 Å². The minimum atomic E-state index is -0.105. The third-order valence-corrected chi connectivity index (χ3v) is 4.50. The molecule has 2 aromatic carbocycles. The van der Waals surface area contributed by atoms with Gasteiger partial charge in [-0.05, 0) is 57.5 Å². The summed E-state index contributed by atoms with van der Waals surface area (Å²) >= 11 is 0. The number of benzene rings is 2. The number of nitrogens with zero attached hydrogens (tertiary/aromatic N) is 2. The molecule has 5 heteroatoms. The molecule has 150 valence electrons. The van der Waals surface area contributed by atoms with Crippen molar-refractivity contribution in [3.05, 3.63) is 60.2 Å². The molecule has 0 fully saturated rings. The molecule has 5 nitrogen and oxygen atoms in total. The van der Waals surface area contributed by atoms with Crippen molar-refractivity contribution in [2.45, 2.75) is 40.2 Å². The quantitative estimate of drug-likeness (QED) is 0.712. The smallest absolute Gasteiger partial charge is 0.241 e. The van der Waals surface area contributed by atoms with Crippen molar-refractivity contribution >= 4 is 23.2 Å². The van der Waals surface area contributed by atoms with Crippen molar-refractivity contribution < 1.29 is 9.59 Å². The van der Waals surface area contributed by atoms with Crippen LogP contribution in [0.1, 0.15) is 32.8 Å². The van der Waals surface area contributed by atoms with Crippen LogP contribution in [-0.2, 0) is 9.59 Å². The maximum atomic E-state index is 13.0. The molecule has 2 amide bonds. The molecule has 0 atom stereocenters. The number of hydrogen-bond acceptors (Lipinski definition) is 3. The van der Waals surface area contributed by atoms with Crippen LogP contribution in [-0.4, -0.2) is 42.4 Å². The number of nitrogens with one attached hydrogen (secondary N) is 1. The molecule has 1 N–H and O–H groups in total. The van der Waals surface area contributed by atoms with Gasteiger partial charge in [-0.25, -0.2) is 0 Å². The Balaban J connectivity index is 2.05. The number of rotatable bonds is 9. The Bertz CT molecular complexity index is 774.